The molecule has 30 heavy (non-hydrogen) atoms. The van der Waals surface area contributed by atoms with Crippen LogP contribution in [0.25, 0.3) is 0 Å². The van der Waals surface area contributed by atoms with Gasteiger partial charge in [0.25, 0.3) is 5.91 Å². The molecular weight excluding hydrogens is 472 g/mol. The van der Waals surface area contributed by atoms with Gasteiger partial charge in [0.2, 0.25) is 0 Å². The van der Waals surface area contributed by atoms with E-state index < -0.39 is 5.91 Å². The van der Waals surface area contributed by atoms with E-state index in [9.17, 15) is 10.0 Å². The van der Waals surface area contributed by atoms with Gasteiger partial charge < -0.3 is 21.0 Å². The molecule has 4 N–H and O–H groups in total. The fraction of sp³-hybridized carbons (Fsp3) is 0.300. The van der Waals surface area contributed by atoms with E-state index in [1.807, 2.05) is 12.1 Å². The lowest BCUT2D eigenvalue weighted by Gasteiger charge is -2.14. The highest BCUT2D eigenvalue weighted by Gasteiger charge is 2.18. The van der Waals surface area contributed by atoms with Crippen LogP contribution in [0.4, 0.5) is 0 Å². The van der Waals surface area contributed by atoms with Crippen molar-refractivity contribution in [2.24, 2.45) is 10.9 Å². The summed E-state index contributed by atoms with van der Waals surface area (Å²) in [7, 11) is 0. The summed E-state index contributed by atoms with van der Waals surface area (Å²) in [5, 5.41) is 16.6. The second kappa shape index (κ2) is 13.6. The van der Waals surface area contributed by atoms with Crippen molar-refractivity contribution in [2.45, 2.75) is 19.3 Å². The SMILES string of the molecule is Cl.NCCCOc1c(Cl)cc(Cl)cc1C/C(=N\O)C(=O)NCCc1ccc(Cl)cc1. The van der Waals surface area contributed by atoms with Crippen molar-refractivity contribution < 1.29 is 14.7 Å². The Morgan fingerprint density at radius 2 is 1.83 bits per heavy atom. The van der Waals surface area contributed by atoms with Crippen LogP contribution in [0.5, 0.6) is 5.75 Å². The van der Waals surface area contributed by atoms with Crippen LogP contribution in [0.1, 0.15) is 17.5 Å². The van der Waals surface area contributed by atoms with E-state index in [1.165, 1.54) is 0 Å². The minimum absolute atomic E-state index is 0. The first-order valence-corrected chi connectivity index (χ1v) is 10.1. The molecule has 0 atom stereocenters. The summed E-state index contributed by atoms with van der Waals surface area (Å²) < 4.78 is 5.69. The number of nitrogens with zero attached hydrogens (tertiary/aromatic N) is 1. The van der Waals surface area contributed by atoms with Crippen molar-refractivity contribution in [1.29, 1.82) is 0 Å². The van der Waals surface area contributed by atoms with Gasteiger partial charge in [-0.05, 0) is 49.2 Å². The van der Waals surface area contributed by atoms with Crippen molar-refractivity contribution >= 4 is 58.8 Å². The van der Waals surface area contributed by atoms with Gasteiger partial charge >= 0.3 is 0 Å². The van der Waals surface area contributed by atoms with Gasteiger partial charge in [-0.3, -0.25) is 4.79 Å². The number of nitrogens with two attached hydrogens (primary N) is 1. The molecule has 0 fully saturated rings. The third-order valence-electron chi connectivity index (χ3n) is 4.03. The van der Waals surface area contributed by atoms with Gasteiger partial charge in [-0.25, -0.2) is 0 Å². The van der Waals surface area contributed by atoms with E-state index in [1.54, 1.807) is 24.3 Å². The second-order valence-electron chi connectivity index (χ2n) is 6.22. The van der Waals surface area contributed by atoms with Gasteiger partial charge in [0.15, 0.2) is 0 Å². The molecule has 0 radical (unpaired) electrons. The van der Waals surface area contributed by atoms with Gasteiger partial charge in [-0.1, -0.05) is 52.1 Å². The number of nitrogens with one attached hydrogen (secondary N) is 1. The Morgan fingerprint density at radius 3 is 2.47 bits per heavy atom. The molecule has 2 rings (SSSR count). The lowest BCUT2D eigenvalue weighted by Crippen LogP contribution is -2.33. The molecule has 0 aliphatic carbocycles. The first kappa shape index (κ1) is 26.3. The molecule has 0 saturated heterocycles. The van der Waals surface area contributed by atoms with Crippen LogP contribution < -0.4 is 15.8 Å². The van der Waals surface area contributed by atoms with E-state index in [2.05, 4.69) is 10.5 Å². The number of hydrogen-bond donors (Lipinski definition) is 3. The molecule has 6 nitrogen and oxygen atoms in total. The van der Waals surface area contributed by atoms with Crippen LogP contribution in [0.15, 0.2) is 41.6 Å². The highest BCUT2D eigenvalue weighted by Crippen LogP contribution is 2.33. The summed E-state index contributed by atoms with van der Waals surface area (Å²) in [5.41, 5.74) is 6.97. The highest BCUT2D eigenvalue weighted by molar-refractivity contribution is 6.39. The Kier molecular flexibility index (Phi) is 11.9. The third-order valence-corrected chi connectivity index (χ3v) is 4.78. The molecular formula is C20H23Cl4N3O3. The van der Waals surface area contributed by atoms with Gasteiger partial charge in [-0.15, -0.1) is 12.4 Å². The molecule has 0 unspecified atom stereocenters. The summed E-state index contributed by atoms with van der Waals surface area (Å²) in [6, 6.07) is 10.5. The van der Waals surface area contributed by atoms with E-state index in [-0.39, 0.29) is 24.5 Å². The fourth-order valence-corrected chi connectivity index (χ4v) is 3.30. The predicted molar refractivity (Wildman–Crippen MR) is 124 cm³/mol. The van der Waals surface area contributed by atoms with Crippen LogP contribution in [0, 0.1) is 0 Å². The van der Waals surface area contributed by atoms with Crippen LogP contribution in [-0.4, -0.2) is 36.5 Å². The van der Waals surface area contributed by atoms with Crippen molar-refractivity contribution in [3.05, 3.63) is 62.6 Å². The number of halogens is 4. The predicted octanol–water partition coefficient (Wildman–Crippen LogP) is 4.53. The molecule has 10 heteroatoms. The zero-order valence-electron chi connectivity index (χ0n) is 16.0. The number of carbonyl (C=O) groups excluding carboxylic acids is 1. The quantitative estimate of drug-likeness (QED) is 0.195. The van der Waals surface area contributed by atoms with E-state index in [4.69, 9.17) is 45.3 Å². The topological polar surface area (TPSA) is 96.9 Å². The van der Waals surface area contributed by atoms with Crippen molar-refractivity contribution in [3.8, 4) is 5.75 Å². The van der Waals surface area contributed by atoms with Gasteiger partial charge in [0.1, 0.15) is 11.5 Å². The molecule has 0 saturated carbocycles. The lowest BCUT2D eigenvalue weighted by molar-refractivity contribution is -0.115. The van der Waals surface area contributed by atoms with Crippen LogP contribution in [0.3, 0.4) is 0 Å². The number of rotatable bonds is 10. The van der Waals surface area contributed by atoms with E-state index in [0.29, 0.717) is 58.9 Å². The normalized spacial score (nSPS) is 11.0. The maximum Gasteiger partial charge on any atom is 0.269 e. The molecule has 0 aliphatic rings. The molecule has 0 aromatic heterocycles. The Balaban J connectivity index is 0.00000450. The fourth-order valence-electron chi connectivity index (χ4n) is 2.58. The molecule has 1 amide bonds. The van der Waals surface area contributed by atoms with Gasteiger partial charge in [-0.2, -0.15) is 0 Å². The summed E-state index contributed by atoms with van der Waals surface area (Å²) in [5.74, 6) is -0.106. The Morgan fingerprint density at radius 1 is 1.13 bits per heavy atom. The number of ether oxygens (including phenoxy) is 1. The average Bonchev–Trinajstić information content (AvgIpc) is 2.69. The minimum Gasteiger partial charge on any atom is -0.492 e. The highest BCUT2D eigenvalue weighted by atomic mass is 35.5. The molecule has 2 aromatic rings. The largest absolute Gasteiger partial charge is 0.492 e. The lowest BCUT2D eigenvalue weighted by atomic mass is 10.1. The number of oxime groups is 1. The maximum atomic E-state index is 12.4. The Labute approximate surface area is 196 Å². The third kappa shape index (κ3) is 8.20. The summed E-state index contributed by atoms with van der Waals surface area (Å²) >= 11 is 18.2. The zero-order chi connectivity index (χ0) is 21.2. The number of amides is 1. The second-order valence-corrected chi connectivity index (χ2v) is 7.50. The number of carbonyl (C=O) groups is 1. The minimum atomic E-state index is -0.495. The molecule has 0 aliphatic heterocycles. The number of hydrogen-bond acceptors (Lipinski definition) is 5. The first-order chi connectivity index (χ1) is 13.9. The number of benzene rings is 2. The van der Waals surface area contributed by atoms with Crippen molar-refractivity contribution in [1.82, 2.24) is 5.32 Å². The van der Waals surface area contributed by atoms with Crippen LogP contribution in [0.2, 0.25) is 15.1 Å². The van der Waals surface area contributed by atoms with Crippen molar-refractivity contribution in [2.75, 3.05) is 19.7 Å². The Hall–Kier alpha value is -1.70. The molecule has 164 valence electrons. The van der Waals surface area contributed by atoms with Gasteiger partial charge in [0.05, 0.1) is 11.6 Å². The standard InChI is InChI=1S/C20H22Cl3N3O3.ClH/c21-15-4-2-13(3-5-15)6-8-25-20(27)18(26-28)11-14-10-16(22)12-17(23)19(14)29-9-1-7-24;/h2-5,10,12,28H,1,6-9,11,24H2,(H,25,27);1H/b26-18+;. The molecule has 0 heterocycles. The molecule has 0 spiro atoms. The van der Waals surface area contributed by atoms with E-state index in [0.717, 1.165) is 5.56 Å². The summed E-state index contributed by atoms with van der Waals surface area (Å²) in [6.45, 7) is 1.21. The molecule has 2 aromatic carbocycles. The summed E-state index contributed by atoms with van der Waals surface area (Å²) in [6.07, 6.45) is 1.25. The van der Waals surface area contributed by atoms with Gasteiger partial charge in [0, 0.05) is 28.6 Å². The van der Waals surface area contributed by atoms with Crippen molar-refractivity contribution in [3.63, 3.8) is 0 Å². The maximum absolute atomic E-state index is 12.4. The Bertz CT molecular complexity index is 861. The average molecular weight is 495 g/mol. The van der Waals surface area contributed by atoms with E-state index >= 15 is 0 Å². The van der Waals surface area contributed by atoms with Crippen LogP contribution in [-0.2, 0) is 17.6 Å². The summed E-state index contributed by atoms with van der Waals surface area (Å²) in [4.78, 5) is 12.4. The molecule has 0 bridgehead atoms. The smallest absolute Gasteiger partial charge is 0.269 e. The zero-order valence-corrected chi connectivity index (χ0v) is 19.1. The first-order valence-electron chi connectivity index (χ1n) is 8.99. The van der Waals surface area contributed by atoms with Crippen LogP contribution >= 0.6 is 47.2 Å². The monoisotopic (exact) mass is 493 g/mol.